The first-order valence-electron chi connectivity index (χ1n) is 16.5. The van der Waals surface area contributed by atoms with Crippen LogP contribution >= 0.6 is 11.6 Å². The number of halogens is 2. The van der Waals surface area contributed by atoms with E-state index in [1.807, 2.05) is 0 Å². The molecule has 0 unspecified atom stereocenters. The van der Waals surface area contributed by atoms with Crippen molar-refractivity contribution in [3.05, 3.63) is 47.0 Å². The van der Waals surface area contributed by atoms with Gasteiger partial charge in [-0.1, -0.05) is 17.7 Å². The lowest BCUT2D eigenvalue weighted by Gasteiger charge is -2.52. The molecule has 1 aromatic carbocycles. The Morgan fingerprint density at radius 3 is 2.40 bits per heavy atom. The normalized spacial score (nSPS) is 20.7. The van der Waals surface area contributed by atoms with Gasteiger partial charge in [0.15, 0.2) is 0 Å². The number of piperidine rings is 1. The molecule has 1 spiro atoms. The van der Waals surface area contributed by atoms with E-state index in [1.54, 1.807) is 29.4 Å². The molecule has 2 aromatic rings. The Hall–Kier alpha value is -2.65. The first-order valence-corrected chi connectivity index (χ1v) is 16.9. The Labute approximate surface area is 279 Å². The smallest absolute Gasteiger partial charge is 0.227 e. The summed E-state index contributed by atoms with van der Waals surface area (Å²) in [6.07, 6.45) is 3.83. The van der Waals surface area contributed by atoms with E-state index in [2.05, 4.69) is 20.2 Å². The van der Waals surface area contributed by atoms with Gasteiger partial charge in [-0.15, -0.1) is 0 Å². The number of likely N-dealkylation sites (tertiary alicyclic amines) is 1. The van der Waals surface area contributed by atoms with Gasteiger partial charge < -0.3 is 45.4 Å². The number of carbonyl (C=O) groups excluding carboxylic acids is 1. The maximum atomic E-state index is 14.8. The second kappa shape index (κ2) is 16.2. The predicted molar refractivity (Wildman–Crippen MR) is 173 cm³/mol. The predicted octanol–water partition coefficient (Wildman–Crippen LogP) is 1.15. The first-order chi connectivity index (χ1) is 22.6. The van der Waals surface area contributed by atoms with Crippen molar-refractivity contribution in [3.8, 4) is 5.75 Å². The molecular weight excluding hydrogens is 633 g/mol. The minimum absolute atomic E-state index is 0.0380. The molecule has 5 rings (SSSR count). The number of aliphatic hydroxyl groups is 5. The van der Waals surface area contributed by atoms with Gasteiger partial charge in [-0.2, -0.15) is 0 Å². The quantitative estimate of drug-likeness (QED) is 0.141. The summed E-state index contributed by atoms with van der Waals surface area (Å²) in [5.74, 6) is 1.40. The number of aromatic nitrogens is 2. The maximum Gasteiger partial charge on any atom is 0.227 e. The molecule has 1 aromatic heterocycles. The average Bonchev–Trinajstić information content (AvgIpc) is 3.03. The van der Waals surface area contributed by atoms with Gasteiger partial charge in [-0.05, 0) is 61.5 Å². The largest absolute Gasteiger partial charge is 0.493 e. The first kappa shape index (κ1) is 35.7. The fourth-order valence-electron chi connectivity index (χ4n) is 7.05. The van der Waals surface area contributed by atoms with Crippen molar-refractivity contribution in [2.75, 3.05) is 57.4 Å². The number of hydrogen-bond acceptors (Lipinski definition) is 11. The molecule has 1 aliphatic carbocycles. The highest BCUT2D eigenvalue weighted by molar-refractivity contribution is 6.30. The van der Waals surface area contributed by atoms with E-state index >= 15 is 0 Å². The summed E-state index contributed by atoms with van der Waals surface area (Å²) in [5.41, 5.74) is 0.753. The van der Waals surface area contributed by atoms with Crippen LogP contribution in [0.4, 0.5) is 10.3 Å². The Kier molecular flexibility index (Phi) is 12.3. The molecular formula is C33H47ClFN5O7. The summed E-state index contributed by atoms with van der Waals surface area (Å²) >= 11 is 5.91. The number of hydrogen-bond donors (Lipinski definition) is 6. The minimum Gasteiger partial charge on any atom is -0.493 e. The van der Waals surface area contributed by atoms with E-state index in [9.17, 15) is 29.6 Å². The van der Waals surface area contributed by atoms with Crippen molar-refractivity contribution >= 4 is 23.5 Å². The zero-order valence-corrected chi connectivity index (χ0v) is 27.3. The standard InChI is InChI=1S/C33H47ClFN5O7/c34-24-15-37-32(38-16-24)39-7-5-33(6-8-39)12-21(13-33)2-1-9-47-25-4-3-23(26(35)11-25)10-29(44)40-18-22(19-40)14-36-17-27(42)30(45)31(46)28(43)20-41/h3-4,11,15-16,21-22,27-28,30-31,36,41-43,45-46H,1-2,5-10,12-14,17-20H2/t27-,28+,30+,31+/m0/s1. The van der Waals surface area contributed by atoms with Crippen LogP contribution in [0.3, 0.4) is 0 Å². The van der Waals surface area contributed by atoms with Gasteiger partial charge in [0.2, 0.25) is 11.9 Å². The number of nitrogens with zero attached hydrogens (tertiary/aromatic N) is 4. The summed E-state index contributed by atoms with van der Waals surface area (Å²) < 4.78 is 20.6. The molecule has 6 N–H and O–H groups in total. The van der Waals surface area contributed by atoms with Crippen LogP contribution in [-0.4, -0.2) is 123 Å². The van der Waals surface area contributed by atoms with E-state index in [1.165, 1.54) is 18.9 Å². The zero-order valence-electron chi connectivity index (χ0n) is 26.6. The molecule has 12 nitrogen and oxygen atoms in total. The van der Waals surface area contributed by atoms with Crippen molar-refractivity contribution in [2.45, 2.75) is 69.4 Å². The van der Waals surface area contributed by atoms with Crippen LogP contribution in [-0.2, 0) is 11.2 Å². The van der Waals surface area contributed by atoms with Gasteiger partial charge >= 0.3 is 0 Å². The molecule has 0 radical (unpaired) electrons. The number of rotatable bonds is 16. The molecule has 3 aliphatic rings. The van der Waals surface area contributed by atoms with E-state index in [-0.39, 0.29) is 24.8 Å². The van der Waals surface area contributed by atoms with Crippen molar-refractivity contribution in [3.63, 3.8) is 0 Å². The summed E-state index contributed by atoms with van der Waals surface area (Å²) in [4.78, 5) is 25.3. The molecule has 3 fully saturated rings. The molecule has 2 aliphatic heterocycles. The number of anilines is 1. The average molecular weight is 680 g/mol. The van der Waals surface area contributed by atoms with E-state index in [4.69, 9.17) is 21.4 Å². The van der Waals surface area contributed by atoms with Crippen molar-refractivity contribution < 1.29 is 39.5 Å². The third kappa shape index (κ3) is 9.28. The number of aliphatic hydroxyl groups excluding tert-OH is 5. The highest BCUT2D eigenvalue weighted by atomic mass is 35.5. The lowest BCUT2D eigenvalue weighted by atomic mass is 9.56. The fraction of sp³-hybridized carbons (Fsp3) is 0.667. The van der Waals surface area contributed by atoms with Gasteiger partial charge in [-0.25, -0.2) is 14.4 Å². The molecule has 1 amide bonds. The highest BCUT2D eigenvalue weighted by Crippen LogP contribution is 2.54. The van der Waals surface area contributed by atoms with Gasteiger partial charge in [0, 0.05) is 51.3 Å². The third-order valence-corrected chi connectivity index (χ3v) is 10.2. The van der Waals surface area contributed by atoms with E-state index in [0.717, 1.165) is 44.7 Å². The summed E-state index contributed by atoms with van der Waals surface area (Å²) in [6.45, 7) is 3.11. The summed E-state index contributed by atoms with van der Waals surface area (Å²) in [7, 11) is 0. The fourth-order valence-corrected chi connectivity index (χ4v) is 7.14. The van der Waals surface area contributed by atoms with Crippen molar-refractivity contribution in [1.82, 2.24) is 20.2 Å². The highest BCUT2D eigenvalue weighted by Gasteiger charge is 2.45. The van der Waals surface area contributed by atoms with E-state index in [0.29, 0.717) is 53.9 Å². The summed E-state index contributed by atoms with van der Waals surface area (Å²) in [5, 5.41) is 51.3. The number of ether oxygens (including phenoxy) is 1. The molecule has 1 saturated carbocycles. The van der Waals surface area contributed by atoms with Crippen LogP contribution in [0.1, 0.15) is 44.1 Å². The molecule has 4 atom stereocenters. The molecule has 2 saturated heterocycles. The van der Waals surface area contributed by atoms with Crippen LogP contribution in [0.25, 0.3) is 0 Å². The van der Waals surface area contributed by atoms with Crippen LogP contribution < -0.4 is 15.0 Å². The molecule has 3 heterocycles. The van der Waals surface area contributed by atoms with Gasteiger partial charge in [0.05, 0.1) is 43.2 Å². The number of carbonyl (C=O) groups is 1. The topological polar surface area (TPSA) is 172 Å². The Balaban J connectivity index is 0.925. The Morgan fingerprint density at radius 2 is 1.74 bits per heavy atom. The second-order valence-corrected chi connectivity index (χ2v) is 13.9. The number of amides is 1. The lowest BCUT2D eigenvalue weighted by molar-refractivity contribution is -0.136. The molecule has 47 heavy (non-hydrogen) atoms. The lowest BCUT2D eigenvalue weighted by Crippen LogP contribution is -2.55. The molecule has 260 valence electrons. The monoisotopic (exact) mass is 679 g/mol. The van der Waals surface area contributed by atoms with Crippen LogP contribution in [0, 0.1) is 23.1 Å². The number of nitrogens with one attached hydrogen (secondary N) is 1. The Bertz CT molecular complexity index is 1300. The van der Waals surface area contributed by atoms with Crippen LogP contribution in [0.15, 0.2) is 30.6 Å². The third-order valence-electron chi connectivity index (χ3n) is 9.97. The maximum absolute atomic E-state index is 14.8. The van der Waals surface area contributed by atoms with Gasteiger partial charge in [0.1, 0.15) is 29.9 Å². The number of benzene rings is 1. The van der Waals surface area contributed by atoms with Gasteiger partial charge in [0.25, 0.3) is 0 Å². The molecule has 14 heteroatoms. The van der Waals surface area contributed by atoms with Gasteiger partial charge in [-0.3, -0.25) is 4.79 Å². The minimum atomic E-state index is -1.67. The van der Waals surface area contributed by atoms with Crippen molar-refractivity contribution in [1.29, 1.82) is 0 Å². The van der Waals surface area contributed by atoms with Crippen LogP contribution in [0.5, 0.6) is 5.75 Å². The van der Waals surface area contributed by atoms with Crippen LogP contribution in [0.2, 0.25) is 5.02 Å². The van der Waals surface area contributed by atoms with E-state index < -0.39 is 36.8 Å². The second-order valence-electron chi connectivity index (χ2n) is 13.5. The Morgan fingerprint density at radius 1 is 1.06 bits per heavy atom. The SMILES string of the molecule is O=C(Cc1ccc(OCCCC2CC3(CCN(c4ncc(Cl)cn4)CC3)C2)cc1F)N1CC(CNC[C@H](O)[C@@H](O)[C@H](O)[C@H](O)CO)C1. The summed E-state index contributed by atoms with van der Waals surface area (Å²) in [6, 6.07) is 4.66. The molecule has 0 bridgehead atoms. The zero-order chi connectivity index (χ0) is 33.6. The van der Waals surface area contributed by atoms with Crippen molar-refractivity contribution in [2.24, 2.45) is 17.3 Å².